The molecule has 1 aliphatic heterocycles. The highest BCUT2D eigenvalue weighted by Gasteiger charge is 2.39. The van der Waals surface area contributed by atoms with E-state index >= 15 is 0 Å². The van der Waals surface area contributed by atoms with Gasteiger partial charge in [0.2, 0.25) is 0 Å². The van der Waals surface area contributed by atoms with Gasteiger partial charge in [-0.15, -0.1) is 0 Å². The maximum Gasteiger partial charge on any atom is 0.114 e. The molecule has 0 saturated carbocycles. The summed E-state index contributed by atoms with van der Waals surface area (Å²) >= 11 is 0. The van der Waals surface area contributed by atoms with E-state index in [1.54, 1.807) is 0 Å². The van der Waals surface area contributed by atoms with Crippen molar-refractivity contribution in [3.8, 4) is 0 Å². The van der Waals surface area contributed by atoms with Gasteiger partial charge < -0.3 is 24.8 Å². The predicted octanol–water partition coefficient (Wildman–Crippen LogP) is 2.96. The molecule has 0 aliphatic carbocycles. The molecule has 1 fully saturated rings. The summed E-state index contributed by atoms with van der Waals surface area (Å²) in [7, 11) is 0. The molecule has 0 bridgehead atoms. The molecule has 0 spiro atoms. The molecule has 148 valence electrons. The molecule has 1 aliphatic rings. The first-order valence-corrected chi connectivity index (χ1v) is 10.0. The number of ether oxygens (including phenoxy) is 2. The second-order valence-corrected chi connectivity index (χ2v) is 7.02. The third kappa shape index (κ3) is 10.3. The van der Waals surface area contributed by atoms with E-state index in [-0.39, 0.29) is 13.2 Å². The van der Waals surface area contributed by atoms with Gasteiger partial charge in [0.1, 0.15) is 24.4 Å². The summed E-state index contributed by atoms with van der Waals surface area (Å²) in [4.78, 5) is 0. The number of hydrogen-bond donors (Lipinski definition) is 3. The van der Waals surface area contributed by atoms with Crippen molar-refractivity contribution in [2.75, 3.05) is 19.8 Å². The molecule has 4 atom stereocenters. The van der Waals surface area contributed by atoms with E-state index in [0.29, 0.717) is 6.61 Å². The number of aliphatic hydroxyl groups is 3. The highest BCUT2D eigenvalue weighted by Crippen LogP contribution is 2.18. The molecule has 3 N–H and O–H groups in total. The summed E-state index contributed by atoms with van der Waals surface area (Å²) in [5.41, 5.74) is 0. The third-order valence-electron chi connectivity index (χ3n) is 4.66. The number of hydrogen-bond acceptors (Lipinski definition) is 5. The van der Waals surface area contributed by atoms with Gasteiger partial charge in [0.05, 0.1) is 13.2 Å². The Labute approximate surface area is 153 Å². The third-order valence-corrected chi connectivity index (χ3v) is 4.66. The molecule has 1 rings (SSSR count). The number of allylic oxidation sites excluding steroid dienone is 2. The Morgan fingerprint density at radius 1 is 1.00 bits per heavy atom. The van der Waals surface area contributed by atoms with Crippen molar-refractivity contribution >= 4 is 0 Å². The zero-order chi connectivity index (χ0) is 18.3. The van der Waals surface area contributed by atoms with Gasteiger partial charge in [-0.05, 0) is 32.1 Å². The fraction of sp³-hybridized carbons (Fsp3) is 0.900. The van der Waals surface area contributed by atoms with E-state index in [1.807, 2.05) is 0 Å². The topological polar surface area (TPSA) is 79.2 Å². The van der Waals surface area contributed by atoms with E-state index in [0.717, 1.165) is 12.8 Å². The van der Waals surface area contributed by atoms with Crippen LogP contribution in [0.15, 0.2) is 12.2 Å². The summed E-state index contributed by atoms with van der Waals surface area (Å²) < 4.78 is 10.6. The van der Waals surface area contributed by atoms with E-state index in [1.165, 1.54) is 51.4 Å². The summed E-state index contributed by atoms with van der Waals surface area (Å²) in [6, 6.07) is 0. The van der Waals surface area contributed by atoms with Crippen molar-refractivity contribution in [2.45, 2.75) is 95.5 Å². The van der Waals surface area contributed by atoms with Crippen LogP contribution in [0.1, 0.15) is 71.1 Å². The molecule has 0 amide bonds. The largest absolute Gasteiger partial charge is 0.388 e. The van der Waals surface area contributed by atoms with Gasteiger partial charge in [0.25, 0.3) is 0 Å². The fourth-order valence-electron chi connectivity index (χ4n) is 3.01. The molecule has 1 heterocycles. The van der Waals surface area contributed by atoms with Crippen LogP contribution in [0, 0.1) is 0 Å². The van der Waals surface area contributed by atoms with Crippen LogP contribution in [0.2, 0.25) is 0 Å². The summed E-state index contributed by atoms with van der Waals surface area (Å²) in [5, 5.41) is 28.9. The van der Waals surface area contributed by atoms with Crippen molar-refractivity contribution in [1.29, 1.82) is 0 Å². The smallest absolute Gasteiger partial charge is 0.114 e. The molecule has 0 aromatic carbocycles. The Bertz CT molecular complexity index is 334. The first-order valence-electron chi connectivity index (χ1n) is 10.0. The first-order chi connectivity index (χ1) is 12.2. The Morgan fingerprint density at radius 2 is 1.64 bits per heavy atom. The average Bonchev–Trinajstić information content (AvgIpc) is 2.94. The van der Waals surface area contributed by atoms with Crippen LogP contribution in [0.25, 0.3) is 0 Å². The molecule has 0 unspecified atom stereocenters. The predicted molar refractivity (Wildman–Crippen MR) is 99.6 cm³/mol. The number of unbranched alkanes of at least 4 members (excludes halogenated alkanes) is 8. The molecule has 25 heavy (non-hydrogen) atoms. The van der Waals surface area contributed by atoms with Gasteiger partial charge in [-0.1, -0.05) is 51.2 Å². The minimum absolute atomic E-state index is 0.0663. The van der Waals surface area contributed by atoms with Crippen molar-refractivity contribution in [2.24, 2.45) is 0 Å². The van der Waals surface area contributed by atoms with Crippen LogP contribution in [0.4, 0.5) is 0 Å². The Morgan fingerprint density at radius 3 is 2.28 bits per heavy atom. The highest BCUT2D eigenvalue weighted by molar-refractivity contribution is 4.87. The molecule has 5 nitrogen and oxygen atoms in total. The van der Waals surface area contributed by atoms with Gasteiger partial charge in [-0.25, -0.2) is 0 Å². The van der Waals surface area contributed by atoms with Crippen LogP contribution in [0.5, 0.6) is 0 Å². The maximum atomic E-state index is 9.90. The first kappa shape index (κ1) is 22.6. The van der Waals surface area contributed by atoms with Gasteiger partial charge >= 0.3 is 0 Å². The molecule has 0 aromatic heterocycles. The van der Waals surface area contributed by atoms with E-state index in [2.05, 4.69) is 19.1 Å². The van der Waals surface area contributed by atoms with Crippen LogP contribution in [-0.4, -0.2) is 59.6 Å². The van der Waals surface area contributed by atoms with Gasteiger partial charge in [0.15, 0.2) is 0 Å². The molecule has 1 saturated heterocycles. The second-order valence-electron chi connectivity index (χ2n) is 7.02. The second kappa shape index (κ2) is 14.7. The maximum absolute atomic E-state index is 9.90. The Kier molecular flexibility index (Phi) is 13.3. The lowest BCUT2D eigenvalue weighted by molar-refractivity contribution is -0.0813. The van der Waals surface area contributed by atoms with Gasteiger partial charge in [0, 0.05) is 6.61 Å². The van der Waals surface area contributed by atoms with Crippen molar-refractivity contribution in [3.63, 3.8) is 0 Å². The average molecular weight is 359 g/mol. The lowest BCUT2D eigenvalue weighted by Crippen LogP contribution is -2.40. The van der Waals surface area contributed by atoms with Crippen LogP contribution >= 0.6 is 0 Å². The Balaban J connectivity index is 1.84. The van der Waals surface area contributed by atoms with Gasteiger partial charge in [-0.3, -0.25) is 0 Å². The molecule has 0 radical (unpaired) electrons. The summed E-state index contributed by atoms with van der Waals surface area (Å²) in [6.07, 6.45) is 13.2. The van der Waals surface area contributed by atoms with Crippen LogP contribution in [0.3, 0.4) is 0 Å². The zero-order valence-electron chi connectivity index (χ0n) is 15.8. The lowest BCUT2D eigenvalue weighted by atomic mass is 10.1. The normalized spacial score (nSPS) is 25.0. The molecular weight excluding hydrogens is 320 g/mol. The van der Waals surface area contributed by atoms with E-state index in [9.17, 15) is 15.3 Å². The molecular formula is C20H38O5. The summed E-state index contributed by atoms with van der Waals surface area (Å²) in [5.74, 6) is 0. The van der Waals surface area contributed by atoms with Crippen molar-refractivity contribution < 1.29 is 24.8 Å². The fourth-order valence-corrected chi connectivity index (χ4v) is 3.01. The minimum atomic E-state index is -1.03. The van der Waals surface area contributed by atoms with Crippen molar-refractivity contribution in [1.82, 2.24) is 0 Å². The molecule has 5 heteroatoms. The van der Waals surface area contributed by atoms with Crippen LogP contribution in [-0.2, 0) is 9.47 Å². The lowest BCUT2D eigenvalue weighted by Gasteiger charge is -2.20. The van der Waals surface area contributed by atoms with Gasteiger partial charge in [-0.2, -0.15) is 0 Å². The highest BCUT2D eigenvalue weighted by atomic mass is 16.5. The quantitative estimate of drug-likeness (QED) is 0.310. The van der Waals surface area contributed by atoms with E-state index < -0.39 is 24.4 Å². The number of rotatable bonds is 15. The van der Waals surface area contributed by atoms with Crippen LogP contribution < -0.4 is 0 Å². The van der Waals surface area contributed by atoms with Crippen molar-refractivity contribution in [3.05, 3.63) is 12.2 Å². The minimum Gasteiger partial charge on any atom is -0.388 e. The standard InChI is InChI=1S/C20H38O5/c1-2-3-4-5-6-7-8-9-10-11-12-13-14-24-15-18(22)20-19(23)17(21)16-25-20/h6-7,17-23H,2-5,8-16H2,1H3/b7-6+/t17-,18+,19-,20-/m0/s1. The zero-order valence-corrected chi connectivity index (χ0v) is 15.8. The number of aliphatic hydroxyl groups excluding tert-OH is 3. The SMILES string of the molecule is CCCCC/C=C/CCCCCCCOC[C@@H](O)[C@@H]1OC[C@H](O)[C@@H]1O. The Hall–Kier alpha value is -0.460. The monoisotopic (exact) mass is 358 g/mol. The molecule has 0 aromatic rings. The summed E-state index contributed by atoms with van der Waals surface area (Å²) in [6.45, 7) is 3.05. The van der Waals surface area contributed by atoms with E-state index in [4.69, 9.17) is 9.47 Å².